The van der Waals surface area contributed by atoms with E-state index in [1.807, 2.05) is 19.0 Å². The Labute approximate surface area is 132 Å². The van der Waals surface area contributed by atoms with Crippen LogP contribution in [0.3, 0.4) is 0 Å². The normalized spacial score (nSPS) is 11.9. The summed E-state index contributed by atoms with van der Waals surface area (Å²) in [5, 5.41) is 0. The fourth-order valence-electron chi connectivity index (χ4n) is 1.85. The minimum Gasteiger partial charge on any atom is -0.337 e. The number of hydrogen-bond acceptors (Lipinski definition) is 3. The van der Waals surface area contributed by atoms with E-state index in [4.69, 9.17) is 5.73 Å². The topological polar surface area (TPSA) is 49.6 Å². The maximum absolute atomic E-state index is 13.7. The van der Waals surface area contributed by atoms with Gasteiger partial charge in [0.25, 0.3) is 0 Å². The lowest BCUT2D eigenvalue weighted by Crippen LogP contribution is -2.38. The molecule has 1 atom stereocenters. The Kier molecular flexibility index (Phi) is 9.17. The first kappa shape index (κ1) is 19.8. The molecule has 0 aliphatic carbocycles. The number of carbonyl (C=O) groups excluding carboxylic acids is 1. The maximum atomic E-state index is 13.7. The average molecular weight is 318 g/mol. The highest BCUT2D eigenvalue weighted by atomic mass is 35.5. The number of amides is 1. The van der Waals surface area contributed by atoms with E-state index in [0.717, 1.165) is 6.54 Å². The fraction of sp³-hybridized carbons (Fsp3) is 0.533. The molecule has 0 radical (unpaired) electrons. The van der Waals surface area contributed by atoms with Gasteiger partial charge in [-0.15, -0.1) is 12.4 Å². The van der Waals surface area contributed by atoms with Crippen LogP contribution in [0.25, 0.3) is 0 Å². The van der Waals surface area contributed by atoms with E-state index >= 15 is 0 Å². The van der Waals surface area contributed by atoms with Crippen LogP contribution in [0.5, 0.6) is 0 Å². The number of halogens is 2. The van der Waals surface area contributed by atoms with E-state index in [1.165, 1.54) is 6.07 Å². The second-order valence-electron chi connectivity index (χ2n) is 5.39. The third-order valence-corrected chi connectivity index (χ3v) is 2.99. The van der Waals surface area contributed by atoms with Crippen LogP contribution in [0.2, 0.25) is 0 Å². The van der Waals surface area contributed by atoms with Gasteiger partial charge in [0.15, 0.2) is 0 Å². The van der Waals surface area contributed by atoms with Crippen LogP contribution < -0.4 is 5.73 Å². The summed E-state index contributed by atoms with van der Waals surface area (Å²) in [6, 6.07) is 6.35. The predicted molar refractivity (Wildman–Crippen MR) is 85.9 cm³/mol. The van der Waals surface area contributed by atoms with Gasteiger partial charge < -0.3 is 15.5 Å². The minimum absolute atomic E-state index is 0. The van der Waals surface area contributed by atoms with Crippen LogP contribution in [-0.4, -0.2) is 48.9 Å². The molecular formula is C15H25ClFN3O. The van der Waals surface area contributed by atoms with Crippen molar-refractivity contribution in [1.82, 2.24) is 9.80 Å². The first-order chi connectivity index (χ1) is 9.40. The van der Waals surface area contributed by atoms with Crippen LogP contribution in [0.1, 0.15) is 18.9 Å². The molecule has 1 unspecified atom stereocenters. The Balaban J connectivity index is 0.00000400. The van der Waals surface area contributed by atoms with Crippen molar-refractivity contribution >= 4 is 18.3 Å². The van der Waals surface area contributed by atoms with Gasteiger partial charge in [-0.3, -0.25) is 4.79 Å². The quantitative estimate of drug-likeness (QED) is 0.835. The third-order valence-electron chi connectivity index (χ3n) is 2.99. The van der Waals surface area contributed by atoms with Crippen molar-refractivity contribution in [2.75, 3.05) is 27.2 Å². The first-order valence-corrected chi connectivity index (χ1v) is 6.81. The largest absolute Gasteiger partial charge is 0.337 e. The smallest absolute Gasteiger partial charge is 0.224 e. The summed E-state index contributed by atoms with van der Waals surface area (Å²) in [6.07, 6.45) is 0.280. The fourth-order valence-corrected chi connectivity index (χ4v) is 1.85. The molecule has 0 saturated heterocycles. The molecule has 2 N–H and O–H groups in total. The molecule has 0 saturated carbocycles. The molecule has 0 aromatic heterocycles. The first-order valence-electron chi connectivity index (χ1n) is 6.81. The zero-order chi connectivity index (χ0) is 15.1. The molecule has 6 heteroatoms. The van der Waals surface area contributed by atoms with Crippen LogP contribution in [0.15, 0.2) is 24.3 Å². The second kappa shape index (κ2) is 9.71. The molecule has 1 aromatic rings. The third kappa shape index (κ3) is 7.41. The van der Waals surface area contributed by atoms with Gasteiger partial charge in [0.2, 0.25) is 5.91 Å². The van der Waals surface area contributed by atoms with Gasteiger partial charge in [-0.1, -0.05) is 18.2 Å². The molecular weight excluding hydrogens is 293 g/mol. The van der Waals surface area contributed by atoms with Gasteiger partial charge in [-0.05, 0) is 27.1 Å². The highest BCUT2D eigenvalue weighted by Gasteiger charge is 2.17. The zero-order valence-electron chi connectivity index (χ0n) is 12.9. The van der Waals surface area contributed by atoms with Gasteiger partial charge in [0, 0.05) is 37.7 Å². The number of nitrogens with zero attached hydrogens (tertiary/aromatic N) is 2. The molecule has 0 spiro atoms. The number of benzene rings is 1. The Morgan fingerprint density at radius 1 is 1.29 bits per heavy atom. The van der Waals surface area contributed by atoms with E-state index < -0.39 is 0 Å². The Morgan fingerprint density at radius 2 is 1.90 bits per heavy atom. The van der Waals surface area contributed by atoms with E-state index in [9.17, 15) is 9.18 Å². The summed E-state index contributed by atoms with van der Waals surface area (Å²) < 4.78 is 13.7. The molecule has 120 valence electrons. The SMILES string of the molecule is CC(N)CC(=O)N(CCN(C)C)Cc1ccccc1F.Cl. The van der Waals surface area contributed by atoms with Crippen molar-refractivity contribution in [3.05, 3.63) is 35.6 Å². The van der Waals surface area contributed by atoms with E-state index in [2.05, 4.69) is 0 Å². The van der Waals surface area contributed by atoms with E-state index in [-0.39, 0.29) is 43.1 Å². The molecule has 4 nitrogen and oxygen atoms in total. The molecule has 0 fully saturated rings. The van der Waals surface area contributed by atoms with Gasteiger partial charge in [-0.2, -0.15) is 0 Å². The van der Waals surface area contributed by atoms with Gasteiger partial charge in [-0.25, -0.2) is 4.39 Å². The predicted octanol–water partition coefficient (Wildman–Crippen LogP) is 1.88. The van der Waals surface area contributed by atoms with Gasteiger partial charge >= 0.3 is 0 Å². The van der Waals surface area contributed by atoms with E-state index in [0.29, 0.717) is 12.1 Å². The monoisotopic (exact) mass is 317 g/mol. The number of nitrogens with two attached hydrogens (primary N) is 1. The summed E-state index contributed by atoms with van der Waals surface area (Å²) in [6.45, 7) is 3.38. The van der Waals surface area contributed by atoms with E-state index in [1.54, 1.807) is 30.0 Å². The number of hydrogen-bond donors (Lipinski definition) is 1. The molecule has 1 aromatic carbocycles. The summed E-state index contributed by atoms with van der Waals surface area (Å²) >= 11 is 0. The number of likely N-dealkylation sites (N-methyl/N-ethyl adjacent to an activating group) is 1. The Hall–Kier alpha value is -1.17. The lowest BCUT2D eigenvalue weighted by Gasteiger charge is -2.25. The Morgan fingerprint density at radius 3 is 2.43 bits per heavy atom. The number of carbonyl (C=O) groups is 1. The molecule has 0 aliphatic heterocycles. The van der Waals surface area contributed by atoms with Crippen LogP contribution in [-0.2, 0) is 11.3 Å². The van der Waals surface area contributed by atoms with Crippen LogP contribution in [0.4, 0.5) is 4.39 Å². The van der Waals surface area contributed by atoms with Gasteiger partial charge in [0.05, 0.1) is 0 Å². The second-order valence-corrected chi connectivity index (χ2v) is 5.39. The molecule has 1 rings (SSSR count). The molecule has 0 bridgehead atoms. The van der Waals surface area contributed by atoms with Crippen molar-refractivity contribution in [3.8, 4) is 0 Å². The molecule has 0 heterocycles. The molecule has 21 heavy (non-hydrogen) atoms. The highest BCUT2D eigenvalue weighted by Crippen LogP contribution is 2.11. The summed E-state index contributed by atoms with van der Waals surface area (Å²) in [5.74, 6) is -0.318. The van der Waals surface area contributed by atoms with Crippen LogP contribution >= 0.6 is 12.4 Å². The Bertz CT molecular complexity index is 441. The van der Waals surface area contributed by atoms with Crippen molar-refractivity contribution < 1.29 is 9.18 Å². The lowest BCUT2D eigenvalue weighted by molar-refractivity contribution is -0.132. The summed E-state index contributed by atoms with van der Waals surface area (Å²) in [5.41, 5.74) is 6.21. The van der Waals surface area contributed by atoms with Crippen molar-refractivity contribution in [1.29, 1.82) is 0 Å². The van der Waals surface area contributed by atoms with Crippen molar-refractivity contribution in [3.63, 3.8) is 0 Å². The maximum Gasteiger partial charge on any atom is 0.224 e. The molecule has 1 amide bonds. The van der Waals surface area contributed by atoms with Crippen molar-refractivity contribution in [2.24, 2.45) is 5.73 Å². The average Bonchev–Trinajstić information content (AvgIpc) is 2.35. The van der Waals surface area contributed by atoms with Crippen LogP contribution in [0, 0.1) is 5.82 Å². The zero-order valence-corrected chi connectivity index (χ0v) is 13.7. The minimum atomic E-state index is -0.282. The summed E-state index contributed by atoms with van der Waals surface area (Å²) in [7, 11) is 3.88. The summed E-state index contributed by atoms with van der Waals surface area (Å²) in [4.78, 5) is 15.8. The van der Waals surface area contributed by atoms with Crippen molar-refractivity contribution in [2.45, 2.75) is 25.9 Å². The highest BCUT2D eigenvalue weighted by molar-refractivity contribution is 5.85. The van der Waals surface area contributed by atoms with Gasteiger partial charge in [0.1, 0.15) is 5.82 Å². The number of rotatable bonds is 7. The lowest BCUT2D eigenvalue weighted by atomic mass is 10.1. The standard InChI is InChI=1S/C15H24FN3O.ClH/c1-12(17)10-15(20)19(9-8-18(2)3)11-13-6-4-5-7-14(13)16;/h4-7,12H,8-11,17H2,1-3H3;1H. The molecule has 0 aliphatic rings.